The number of nitrogens with one attached hydrogen (secondary N) is 2. The molecule has 0 aliphatic carbocycles. The van der Waals surface area contributed by atoms with E-state index in [-0.39, 0.29) is 19.4 Å². The van der Waals surface area contributed by atoms with Crippen molar-refractivity contribution in [1.82, 2.24) is 10.6 Å². The maximum Gasteiger partial charge on any atom is 0.408 e. The highest BCUT2D eigenvalue weighted by molar-refractivity contribution is 5.82. The smallest absolute Gasteiger partial charge is 0.408 e. The van der Waals surface area contributed by atoms with Crippen LogP contribution in [0.15, 0.2) is 0 Å². The summed E-state index contributed by atoms with van der Waals surface area (Å²) in [4.78, 5) is 34.9. The predicted molar refractivity (Wildman–Crippen MR) is 79.3 cm³/mol. The molecule has 0 aromatic rings. The Labute approximate surface area is 130 Å². The molecular weight excluding hydrogens is 292 g/mol. The molecular formula is C14H26N2O6. The Morgan fingerprint density at radius 2 is 1.82 bits per heavy atom. The average molecular weight is 318 g/mol. The third kappa shape index (κ3) is 9.98. The maximum absolute atomic E-state index is 11.9. The molecule has 0 aliphatic heterocycles. The van der Waals surface area contributed by atoms with Crippen LogP contribution in [0.1, 0.15) is 33.6 Å². The molecule has 8 heteroatoms. The van der Waals surface area contributed by atoms with Crippen LogP contribution in [0.3, 0.4) is 0 Å². The summed E-state index contributed by atoms with van der Waals surface area (Å²) in [5.74, 6) is -1.09. The monoisotopic (exact) mass is 318 g/mol. The molecule has 0 spiro atoms. The Bertz CT molecular complexity index is 378. The molecule has 1 unspecified atom stereocenters. The van der Waals surface area contributed by atoms with Crippen molar-refractivity contribution >= 4 is 18.0 Å². The fourth-order valence-corrected chi connectivity index (χ4v) is 1.42. The molecule has 0 fully saturated rings. The Balaban J connectivity index is 4.59. The summed E-state index contributed by atoms with van der Waals surface area (Å²) in [6.07, 6.45) is -0.685. The number of carbonyl (C=O) groups is 3. The van der Waals surface area contributed by atoms with Gasteiger partial charge in [-0.2, -0.15) is 0 Å². The largest absolute Gasteiger partial charge is 0.469 e. The van der Waals surface area contributed by atoms with Gasteiger partial charge in [0.2, 0.25) is 0 Å². The SMILES string of the molecule is CNCCOC(=O)C(CCC(=O)OC)NC(=O)OC(C)(C)C. The van der Waals surface area contributed by atoms with Crippen LogP contribution in [0.25, 0.3) is 0 Å². The Morgan fingerprint density at radius 1 is 1.18 bits per heavy atom. The van der Waals surface area contributed by atoms with E-state index >= 15 is 0 Å². The lowest BCUT2D eigenvalue weighted by Gasteiger charge is -2.22. The van der Waals surface area contributed by atoms with E-state index in [1.54, 1.807) is 27.8 Å². The molecule has 1 amide bonds. The average Bonchev–Trinajstić information content (AvgIpc) is 2.41. The van der Waals surface area contributed by atoms with Crippen molar-refractivity contribution in [3.05, 3.63) is 0 Å². The standard InChI is InChI=1S/C14H26N2O6/c1-14(2,3)22-13(19)16-10(6-7-11(17)20-5)12(18)21-9-8-15-4/h10,15H,6-9H2,1-5H3,(H,16,19). The van der Waals surface area contributed by atoms with Crippen molar-refractivity contribution in [2.45, 2.75) is 45.3 Å². The van der Waals surface area contributed by atoms with Crippen LogP contribution >= 0.6 is 0 Å². The number of hydrogen-bond donors (Lipinski definition) is 2. The minimum Gasteiger partial charge on any atom is -0.469 e. The summed E-state index contributed by atoms with van der Waals surface area (Å²) in [6.45, 7) is 5.78. The van der Waals surface area contributed by atoms with Gasteiger partial charge >= 0.3 is 18.0 Å². The summed E-state index contributed by atoms with van der Waals surface area (Å²) in [6, 6.07) is -0.967. The lowest BCUT2D eigenvalue weighted by atomic mass is 10.1. The number of ether oxygens (including phenoxy) is 3. The first-order valence-corrected chi connectivity index (χ1v) is 7.07. The van der Waals surface area contributed by atoms with Crippen molar-refractivity contribution in [3.8, 4) is 0 Å². The van der Waals surface area contributed by atoms with Crippen LogP contribution in [-0.2, 0) is 23.8 Å². The summed E-state index contributed by atoms with van der Waals surface area (Å²) in [5, 5.41) is 5.25. The van der Waals surface area contributed by atoms with Crippen LogP contribution in [-0.4, -0.2) is 57.0 Å². The second kappa shape index (κ2) is 9.99. The van der Waals surface area contributed by atoms with Crippen molar-refractivity contribution in [1.29, 1.82) is 0 Å². The zero-order valence-corrected chi connectivity index (χ0v) is 13.9. The number of methoxy groups -OCH3 is 1. The molecule has 2 N–H and O–H groups in total. The first-order valence-electron chi connectivity index (χ1n) is 7.07. The fourth-order valence-electron chi connectivity index (χ4n) is 1.42. The first kappa shape index (κ1) is 20.2. The molecule has 0 aliphatic rings. The number of hydrogen-bond acceptors (Lipinski definition) is 7. The van der Waals surface area contributed by atoms with E-state index in [1.165, 1.54) is 7.11 Å². The molecule has 0 heterocycles. The third-order valence-corrected chi connectivity index (χ3v) is 2.44. The van der Waals surface area contributed by atoms with Gasteiger partial charge in [-0.3, -0.25) is 4.79 Å². The number of alkyl carbamates (subject to hydrolysis) is 1. The lowest BCUT2D eigenvalue weighted by Crippen LogP contribution is -2.44. The van der Waals surface area contributed by atoms with E-state index in [0.29, 0.717) is 6.54 Å². The first-order chi connectivity index (χ1) is 10.2. The molecule has 0 rings (SSSR count). The van der Waals surface area contributed by atoms with Gasteiger partial charge in [0.15, 0.2) is 0 Å². The number of likely N-dealkylation sites (N-methyl/N-ethyl adjacent to an activating group) is 1. The van der Waals surface area contributed by atoms with Gasteiger partial charge < -0.3 is 24.8 Å². The van der Waals surface area contributed by atoms with Crippen LogP contribution in [0.2, 0.25) is 0 Å². The van der Waals surface area contributed by atoms with Crippen molar-refractivity contribution in [2.75, 3.05) is 27.3 Å². The van der Waals surface area contributed by atoms with Crippen LogP contribution in [0.4, 0.5) is 4.79 Å². The number of amides is 1. The number of carbonyl (C=O) groups excluding carboxylic acids is 3. The van der Waals surface area contributed by atoms with Crippen molar-refractivity contribution in [2.24, 2.45) is 0 Å². The second-order valence-corrected chi connectivity index (χ2v) is 5.58. The van der Waals surface area contributed by atoms with Gasteiger partial charge in [-0.05, 0) is 34.2 Å². The highest BCUT2D eigenvalue weighted by Crippen LogP contribution is 2.08. The summed E-state index contributed by atoms with van der Waals surface area (Å²) >= 11 is 0. The van der Waals surface area contributed by atoms with Crippen LogP contribution in [0.5, 0.6) is 0 Å². The summed E-state index contributed by atoms with van der Waals surface area (Å²) in [5.41, 5.74) is -0.687. The number of esters is 2. The van der Waals surface area contributed by atoms with E-state index < -0.39 is 29.7 Å². The van der Waals surface area contributed by atoms with Gasteiger partial charge in [0.25, 0.3) is 0 Å². The molecule has 22 heavy (non-hydrogen) atoms. The molecule has 128 valence electrons. The fraction of sp³-hybridized carbons (Fsp3) is 0.786. The Morgan fingerprint density at radius 3 is 2.32 bits per heavy atom. The zero-order chi connectivity index (χ0) is 17.2. The molecule has 0 saturated carbocycles. The van der Waals surface area contributed by atoms with E-state index in [0.717, 1.165) is 0 Å². The summed E-state index contributed by atoms with van der Waals surface area (Å²) < 4.78 is 14.6. The minimum absolute atomic E-state index is 0.0158. The van der Waals surface area contributed by atoms with E-state index in [4.69, 9.17) is 9.47 Å². The predicted octanol–water partition coefficient (Wildman–Crippen LogP) is 0.595. The van der Waals surface area contributed by atoms with Crippen LogP contribution in [0, 0.1) is 0 Å². The lowest BCUT2D eigenvalue weighted by molar-refractivity contribution is -0.147. The van der Waals surface area contributed by atoms with E-state index in [9.17, 15) is 14.4 Å². The highest BCUT2D eigenvalue weighted by Gasteiger charge is 2.26. The minimum atomic E-state index is -0.967. The van der Waals surface area contributed by atoms with Crippen LogP contribution < -0.4 is 10.6 Å². The summed E-state index contributed by atoms with van der Waals surface area (Å²) in [7, 11) is 2.98. The normalized spacial score (nSPS) is 12.2. The second-order valence-electron chi connectivity index (χ2n) is 5.58. The van der Waals surface area contributed by atoms with Gasteiger partial charge in [-0.25, -0.2) is 9.59 Å². The quantitative estimate of drug-likeness (QED) is 0.383. The molecule has 0 aromatic heterocycles. The van der Waals surface area contributed by atoms with E-state index in [2.05, 4.69) is 15.4 Å². The molecule has 0 radical (unpaired) electrons. The number of rotatable bonds is 8. The van der Waals surface area contributed by atoms with Gasteiger partial charge in [-0.1, -0.05) is 0 Å². The van der Waals surface area contributed by atoms with Gasteiger partial charge in [-0.15, -0.1) is 0 Å². The molecule has 0 bridgehead atoms. The third-order valence-electron chi connectivity index (χ3n) is 2.44. The van der Waals surface area contributed by atoms with Gasteiger partial charge in [0.05, 0.1) is 7.11 Å². The Hall–Kier alpha value is -1.83. The molecule has 0 saturated heterocycles. The molecule has 8 nitrogen and oxygen atoms in total. The van der Waals surface area contributed by atoms with Crippen molar-refractivity contribution in [3.63, 3.8) is 0 Å². The molecule has 0 aromatic carbocycles. The molecule has 1 atom stereocenters. The Kier molecular flexibility index (Phi) is 9.16. The maximum atomic E-state index is 11.9. The van der Waals surface area contributed by atoms with E-state index in [1.807, 2.05) is 0 Å². The van der Waals surface area contributed by atoms with Crippen molar-refractivity contribution < 1.29 is 28.6 Å². The zero-order valence-electron chi connectivity index (χ0n) is 13.9. The topological polar surface area (TPSA) is 103 Å². The van der Waals surface area contributed by atoms with Gasteiger partial charge in [0.1, 0.15) is 18.2 Å². The highest BCUT2D eigenvalue weighted by atomic mass is 16.6. The van der Waals surface area contributed by atoms with Gasteiger partial charge in [0, 0.05) is 13.0 Å².